The Labute approximate surface area is 113 Å². The lowest BCUT2D eigenvalue weighted by Crippen LogP contribution is -2.40. The molecule has 1 aliphatic heterocycles. The molecule has 1 aliphatic rings. The number of carbonyl (C=O) groups is 1. The maximum atomic E-state index is 11.7. The van der Waals surface area contributed by atoms with E-state index in [1.54, 1.807) is 6.92 Å². The van der Waals surface area contributed by atoms with Gasteiger partial charge in [-0.05, 0) is 38.0 Å². The smallest absolute Gasteiger partial charge is 0.313 e. The van der Waals surface area contributed by atoms with E-state index in [0.717, 1.165) is 11.3 Å². The highest BCUT2D eigenvalue weighted by atomic mass is 16.5. The van der Waals surface area contributed by atoms with Crippen LogP contribution >= 0.6 is 0 Å². The molecule has 2 rings (SSSR count). The summed E-state index contributed by atoms with van der Waals surface area (Å²) < 4.78 is 10.6. The SMILES string of the molecule is CCOc1cccc(C(C)(CC2COC2)C(=O)O)c1. The summed E-state index contributed by atoms with van der Waals surface area (Å²) in [6.07, 6.45) is 0.595. The Morgan fingerprint density at radius 1 is 1.53 bits per heavy atom. The zero-order valence-electron chi connectivity index (χ0n) is 11.4. The number of aliphatic carboxylic acids is 1. The minimum absolute atomic E-state index is 0.330. The average molecular weight is 264 g/mol. The monoisotopic (exact) mass is 264 g/mol. The van der Waals surface area contributed by atoms with E-state index in [0.29, 0.717) is 32.2 Å². The number of carboxylic acid groups (broad SMARTS) is 1. The highest BCUT2D eigenvalue weighted by Crippen LogP contribution is 2.35. The van der Waals surface area contributed by atoms with Crippen molar-refractivity contribution in [2.24, 2.45) is 5.92 Å². The van der Waals surface area contributed by atoms with E-state index in [1.165, 1.54) is 0 Å². The van der Waals surface area contributed by atoms with Crippen LogP contribution in [0.3, 0.4) is 0 Å². The van der Waals surface area contributed by atoms with E-state index in [4.69, 9.17) is 9.47 Å². The van der Waals surface area contributed by atoms with Gasteiger partial charge in [0.05, 0.1) is 25.2 Å². The third-order valence-corrected chi connectivity index (χ3v) is 3.66. The molecule has 4 nitrogen and oxygen atoms in total. The van der Waals surface area contributed by atoms with E-state index in [-0.39, 0.29) is 0 Å². The zero-order valence-corrected chi connectivity index (χ0v) is 11.4. The van der Waals surface area contributed by atoms with Gasteiger partial charge >= 0.3 is 5.97 Å². The standard InChI is InChI=1S/C15H20O4/c1-3-19-13-6-4-5-12(7-13)15(2,14(16)17)8-11-9-18-10-11/h4-7,11H,3,8-10H2,1-2H3,(H,16,17). The van der Waals surface area contributed by atoms with E-state index in [9.17, 15) is 9.90 Å². The molecule has 0 aromatic heterocycles. The summed E-state index contributed by atoms with van der Waals surface area (Å²) in [4.78, 5) is 11.7. The summed E-state index contributed by atoms with van der Waals surface area (Å²) >= 11 is 0. The van der Waals surface area contributed by atoms with Crippen LogP contribution in [0.4, 0.5) is 0 Å². The van der Waals surface area contributed by atoms with Crippen molar-refractivity contribution in [2.45, 2.75) is 25.7 Å². The van der Waals surface area contributed by atoms with Crippen molar-refractivity contribution in [1.82, 2.24) is 0 Å². The van der Waals surface area contributed by atoms with E-state index >= 15 is 0 Å². The van der Waals surface area contributed by atoms with Crippen LogP contribution < -0.4 is 4.74 Å². The fraction of sp³-hybridized carbons (Fsp3) is 0.533. The molecule has 104 valence electrons. The third kappa shape index (κ3) is 2.89. The number of ether oxygens (including phenoxy) is 2. The van der Waals surface area contributed by atoms with Crippen molar-refractivity contribution in [3.63, 3.8) is 0 Å². The van der Waals surface area contributed by atoms with Crippen molar-refractivity contribution in [1.29, 1.82) is 0 Å². The first-order valence-electron chi connectivity index (χ1n) is 6.60. The van der Waals surface area contributed by atoms with Gasteiger partial charge in [-0.3, -0.25) is 4.79 Å². The van der Waals surface area contributed by atoms with Crippen LogP contribution in [0.15, 0.2) is 24.3 Å². The second-order valence-corrected chi connectivity index (χ2v) is 5.21. The molecule has 1 aromatic rings. The Morgan fingerprint density at radius 2 is 2.26 bits per heavy atom. The molecular formula is C15H20O4. The fourth-order valence-corrected chi connectivity index (χ4v) is 2.40. The zero-order chi connectivity index (χ0) is 13.9. The molecule has 1 heterocycles. The third-order valence-electron chi connectivity index (χ3n) is 3.66. The van der Waals surface area contributed by atoms with E-state index in [2.05, 4.69) is 0 Å². The number of hydrogen-bond donors (Lipinski definition) is 1. The average Bonchev–Trinajstić information content (AvgIpc) is 2.34. The molecule has 0 radical (unpaired) electrons. The molecular weight excluding hydrogens is 244 g/mol. The Morgan fingerprint density at radius 3 is 2.79 bits per heavy atom. The molecule has 1 N–H and O–H groups in total. The molecule has 1 fully saturated rings. The van der Waals surface area contributed by atoms with Gasteiger partial charge < -0.3 is 14.6 Å². The Bertz CT molecular complexity index is 453. The van der Waals surface area contributed by atoms with Crippen molar-refractivity contribution in [3.8, 4) is 5.75 Å². The van der Waals surface area contributed by atoms with Gasteiger partial charge in [-0.15, -0.1) is 0 Å². The van der Waals surface area contributed by atoms with Gasteiger partial charge in [0.15, 0.2) is 0 Å². The van der Waals surface area contributed by atoms with Crippen LogP contribution in [0.25, 0.3) is 0 Å². The molecule has 1 aromatic carbocycles. The molecule has 0 spiro atoms. The topological polar surface area (TPSA) is 55.8 Å². The van der Waals surface area contributed by atoms with Crippen molar-refractivity contribution >= 4 is 5.97 Å². The van der Waals surface area contributed by atoms with E-state index in [1.807, 2.05) is 31.2 Å². The highest BCUT2D eigenvalue weighted by molar-refractivity contribution is 5.81. The predicted molar refractivity (Wildman–Crippen MR) is 71.5 cm³/mol. The molecule has 0 bridgehead atoms. The second-order valence-electron chi connectivity index (χ2n) is 5.21. The summed E-state index contributed by atoms with van der Waals surface area (Å²) in [6.45, 7) is 5.58. The van der Waals surface area contributed by atoms with Gasteiger partial charge in [-0.2, -0.15) is 0 Å². The molecule has 0 amide bonds. The van der Waals surface area contributed by atoms with Crippen molar-refractivity contribution in [3.05, 3.63) is 29.8 Å². The number of carboxylic acids is 1. The lowest BCUT2D eigenvalue weighted by atomic mass is 9.75. The summed E-state index contributed by atoms with van der Waals surface area (Å²) in [5.74, 6) is 0.252. The normalized spacial score (nSPS) is 18.4. The highest BCUT2D eigenvalue weighted by Gasteiger charge is 2.39. The van der Waals surface area contributed by atoms with Gasteiger partial charge in [0.1, 0.15) is 5.75 Å². The molecule has 19 heavy (non-hydrogen) atoms. The van der Waals surface area contributed by atoms with Gasteiger partial charge in [0.25, 0.3) is 0 Å². The van der Waals surface area contributed by atoms with Crippen LogP contribution in [-0.2, 0) is 14.9 Å². The van der Waals surface area contributed by atoms with Crippen molar-refractivity contribution < 1.29 is 19.4 Å². The molecule has 4 heteroatoms. The molecule has 0 aliphatic carbocycles. The molecule has 1 unspecified atom stereocenters. The van der Waals surface area contributed by atoms with Gasteiger partial charge in [0, 0.05) is 5.92 Å². The summed E-state index contributed by atoms with van der Waals surface area (Å²) in [7, 11) is 0. The number of benzene rings is 1. The summed E-state index contributed by atoms with van der Waals surface area (Å²) in [6, 6.07) is 7.38. The quantitative estimate of drug-likeness (QED) is 0.857. The van der Waals surface area contributed by atoms with Gasteiger partial charge in [-0.25, -0.2) is 0 Å². The number of rotatable bonds is 6. The fourth-order valence-electron chi connectivity index (χ4n) is 2.40. The lowest BCUT2D eigenvalue weighted by Gasteiger charge is -2.34. The van der Waals surface area contributed by atoms with Gasteiger partial charge in [0.2, 0.25) is 0 Å². The molecule has 0 saturated carbocycles. The van der Waals surface area contributed by atoms with Crippen LogP contribution in [0.5, 0.6) is 5.75 Å². The Kier molecular flexibility index (Phi) is 4.10. The Hall–Kier alpha value is -1.55. The molecule has 1 saturated heterocycles. The van der Waals surface area contributed by atoms with Crippen LogP contribution in [0, 0.1) is 5.92 Å². The van der Waals surface area contributed by atoms with Crippen molar-refractivity contribution in [2.75, 3.05) is 19.8 Å². The van der Waals surface area contributed by atoms with Crippen LogP contribution in [-0.4, -0.2) is 30.9 Å². The number of hydrogen-bond acceptors (Lipinski definition) is 3. The second kappa shape index (κ2) is 5.61. The maximum Gasteiger partial charge on any atom is 0.313 e. The maximum absolute atomic E-state index is 11.7. The summed E-state index contributed by atoms with van der Waals surface area (Å²) in [5.41, 5.74) is -0.0977. The predicted octanol–water partition coefficient (Wildman–Crippen LogP) is 2.46. The van der Waals surface area contributed by atoms with Gasteiger partial charge in [-0.1, -0.05) is 12.1 Å². The first-order valence-corrected chi connectivity index (χ1v) is 6.60. The van der Waals surface area contributed by atoms with E-state index < -0.39 is 11.4 Å². The largest absolute Gasteiger partial charge is 0.494 e. The Balaban J connectivity index is 2.26. The van der Waals surface area contributed by atoms with Crippen LogP contribution in [0.2, 0.25) is 0 Å². The first kappa shape index (κ1) is 13.9. The summed E-state index contributed by atoms with van der Waals surface area (Å²) in [5, 5.41) is 9.59. The lowest BCUT2D eigenvalue weighted by molar-refractivity contribution is -0.145. The molecule has 1 atom stereocenters. The first-order chi connectivity index (χ1) is 9.06. The van der Waals surface area contributed by atoms with Crippen LogP contribution in [0.1, 0.15) is 25.8 Å². The minimum Gasteiger partial charge on any atom is -0.494 e. The minimum atomic E-state index is -0.887.